The third kappa shape index (κ3) is 3.48. The number of aryl methyl sites for hydroxylation is 2. The van der Waals surface area contributed by atoms with Crippen molar-refractivity contribution in [1.29, 1.82) is 0 Å². The van der Waals surface area contributed by atoms with Gasteiger partial charge in [0.15, 0.2) is 0 Å². The van der Waals surface area contributed by atoms with Crippen molar-refractivity contribution in [2.24, 2.45) is 5.10 Å². The average molecular weight is 253 g/mol. The number of nitrogens with zero attached hydrogens (tertiary/aromatic N) is 2. The van der Waals surface area contributed by atoms with Crippen molar-refractivity contribution < 1.29 is 4.79 Å². The largest absolute Gasteiger partial charge is 0.272 e. The van der Waals surface area contributed by atoms with E-state index in [-0.39, 0.29) is 5.91 Å². The minimum absolute atomic E-state index is 0.266. The number of pyridine rings is 1. The summed E-state index contributed by atoms with van der Waals surface area (Å²) < 4.78 is 0. The SMILES string of the molecule is Cc1ccc(C(=O)N/N=C/c2ccccc2C)cn1. The third-order valence-corrected chi connectivity index (χ3v) is 2.73. The molecule has 0 aliphatic heterocycles. The van der Waals surface area contributed by atoms with E-state index in [9.17, 15) is 4.79 Å². The highest BCUT2D eigenvalue weighted by atomic mass is 16.2. The molecule has 0 spiro atoms. The molecule has 4 heteroatoms. The van der Waals surface area contributed by atoms with E-state index in [1.54, 1.807) is 18.3 Å². The monoisotopic (exact) mass is 253 g/mol. The van der Waals surface area contributed by atoms with Crippen LogP contribution in [0, 0.1) is 13.8 Å². The molecule has 0 radical (unpaired) electrons. The molecule has 0 saturated carbocycles. The molecule has 2 aromatic rings. The number of rotatable bonds is 3. The minimum atomic E-state index is -0.266. The Labute approximate surface area is 112 Å². The summed E-state index contributed by atoms with van der Waals surface area (Å²) in [5, 5.41) is 3.95. The number of hydrazone groups is 1. The van der Waals surface area contributed by atoms with Gasteiger partial charge in [-0.15, -0.1) is 0 Å². The Morgan fingerprint density at radius 1 is 1.21 bits per heavy atom. The van der Waals surface area contributed by atoms with Gasteiger partial charge in [0.05, 0.1) is 11.8 Å². The molecule has 4 nitrogen and oxygen atoms in total. The van der Waals surface area contributed by atoms with Gasteiger partial charge in [0.1, 0.15) is 0 Å². The van der Waals surface area contributed by atoms with Gasteiger partial charge in [-0.05, 0) is 37.1 Å². The molecule has 1 aromatic heterocycles. The number of nitrogens with one attached hydrogen (secondary N) is 1. The summed E-state index contributed by atoms with van der Waals surface area (Å²) >= 11 is 0. The molecule has 0 aliphatic rings. The number of amides is 1. The molecular weight excluding hydrogens is 238 g/mol. The molecule has 0 saturated heterocycles. The first-order valence-corrected chi connectivity index (χ1v) is 5.98. The van der Waals surface area contributed by atoms with Crippen molar-refractivity contribution >= 4 is 12.1 Å². The van der Waals surface area contributed by atoms with Gasteiger partial charge in [0.25, 0.3) is 5.91 Å². The summed E-state index contributed by atoms with van der Waals surface area (Å²) in [7, 11) is 0. The molecule has 19 heavy (non-hydrogen) atoms. The number of hydrogen-bond donors (Lipinski definition) is 1. The third-order valence-electron chi connectivity index (χ3n) is 2.73. The first-order valence-electron chi connectivity index (χ1n) is 5.98. The van der Waals surface area contributed by atoms with Crippen molar-refractivity contribution in [3.8, 4) is 0 Å². The Bertz CT molecular complexity index is 603. The maximum atomic E-state index is 11.8. The molecule has 0 atom stereocenters. The molecule has 0 aliphatic carbocycles. The lowest BCUT2D eigenvalue weighted by atomic mass is 10.1. The van der Waals surface area contributed by atoms with Gasteiger partial charge in [-0.25, -0.2) is 5.43 Å². The van der Waals surface area contributed by atoms with Crippen LogP contribution in [0.5, 0.6) is 0 Å². The van der Waals surface area contributed by atoms with E-state index in [0.29, 0.717) is 5.56 Å². The lowest BCUT2D eigenvalue weighted by Gasteiger charge is -2.01. The lowest BCUT2D eigenvalue weighted by Crippen LogP contribution is -2.17. The highest BCUT2D eigenvalue weighted by Crippen LogP contribution is 2.03. The highest BCUT2D eigenvalue weighted by molar-refractivity contribution is 5.94. The predicted octanol–water partition coefficient (Wildman–Crippen LogP) is 2.46. The number of benzene rings is 1. The normalized spacial score (nSPS) is 10.6. The second-order valence-corrected chi connectivity index (χ2v) is 4.24. The molecular formula is C15H15N3O. The van der Waals surface area contributed by atoms with Crippen LogP contribution in [0.2, 0.25) is 0 Å². The molecule has 0 fully saturated rings. The molecule has 0 bridgehead atoms. The fraction of sp³-hybridized carbons (Fsp3) is 0.133. The minimum Gasteiger partial charge on any atom is -0.267 e. The summed E-state index contributed by atoms with van der Waals surface area (Å²) in [6.07, 6.45) is 3.17. The maximum absolute atomic E-state index is 11.8. The summed E-state index contributed by atoms with van der Waals surface area (Å²) in [6, 6.07) is 11.3. The fourth-order valence-electron chi connectivity index (χ4n) is 1.56. The smallest absolute Gasteiger partial charge is 0.267 e. The topological polar surface area (TPSA) is 54.4 Å². The van der Waals surface area contributed by atoms with Crippen LogP contribution in [0.15, 0.2) is 47.7 Å². The number of hydrogen-bond acceptors (Lipinski definition) is 3. The first-order chi connectivity index (χ1) is 9.16. The summed E-state index contributed by atoms with van der Waals surface area (Å²) in [4.78, 5) is 15.8. The van der Waals surface area contributed by atoms with Crippen LogP contribution in [0.4, 0.5) is 0 Å². The van der Waals surface area contributed by atoms with Gasteiger partial charge in [-0.3, -0.25) is 9.78 Å². The van der Waals surface area contributed by atoms with Gasteiger partial charge < -0.3 is 0 Å². The van der Waals surface area contributed by atoms with Gasteiger partial charge in [0, 0.05) is 11.9 Å². The van der Waals surface area contributed by atoms with Crippen molar-refractivity contribution in [3.05, 3.63) is 65.0 Å². The van der Waals surface area contributed by atoms with E-state index in [1.807, 2.05) is 38.1 Å². The van der Waals surface area contributed by atoms with Crippen LogP contribution in [0.3, 0.4) is 0 Å². The first kappa shape index (κ1) is 13.0. The zero-order valence-electron chi connectivity index (χ0n) is 10.9. The van der Waals surface area contributed by atoms with Gasteiger partial charge in [0.2, 0.25) is 0 Å². The molecule has 0 unspecified atom stereocenters. The quantitative estimate of drug-likeness (QED) is 0.674. The lowest BCUT2D eigenvalue weighted by molar-refractivity contribution is 0.0955. The van der Waals surface area contributed by atoms with Crippen molar-refractivity contribution in [2.75, 3.05) is 0 Å². The van der Waals surface area contributed by atoms with Crippen LogP contribution in [-0.4, -0.2) is 17.1 Å². The second kappa shape index (κ2) is 5.91. The van der Waals surface area contributed by atoms with Crippen molar-refractivity contribution in [1.82, 2.24) is 10.4 Å². The molecule has 1 N–H and O–H groups in total. The average Bonchev–Trinajstić information content (AvgIpc) is 2.41. The number of aromatic nitrogens is 1. The molecule has 2 rings (SSSR count). The van der Waals surface area contributed by atoms with E-state index in [2.05, 4.69) is 15.5 Å². The highest BCUT2D eigenvalue weighted by Gasteiger charge is 2.03. The van der Waals surface area contributed by atoms with E-state index in [0.717, 1.165) is 16.8 Å². The summed E-state index contributed by atoms with van der Waals surface area (Å²) in [5.41, 5.74) is 5.94. The zero-order chi connectivity index (χ0) is 13.7. The molecule has 1 aromatic carbocycles. The van der Waals surface area contributed by atoms with E-state index < -0.39 is 0 Å². The van der Waals surface area contributed by atoms with Crippen molar-refractivity contribution in [2.45, 2.75) is 13.8 Å². The van der Waals surface area contributed by atoms with Gasteiger partial charge in [-0.1, -0.05) is 24.3 Å². The number of carbonyl (C=O) groups excluding carboxylic acids is 1. The molecule has 1 heterocycles. The zero-order valence-corrected chi connectivity index (χ0v) is 10.9. The van der Waals surface area contributed by atoms with E-state index >= 15 is 0 Å². The van der Waals surface area contributed by atoms with E-state index in [1.165, 1.54) is 6.20 Å². The van der Waals surface area contributed by atoms with Crippen LogP contribution >= 0.6 is 0 Å². The Morgan fingerprint density at radius 3 is 2.68 bits per heavy atom. The Balaban J connectivity index is 2.01. The fourth-order valence-corrected chi connectivity index (χ4v) is 1.56. The van der Waals surface area contributed by atoms with Gasteiger partial charge in [-0.2, -0.15) is 5.10 Å². The standard InChI is InChI=1S/C15H15N3O/c1-11-5-3-4-6-13(11)10-17-18-15(19)14-8-7-12(2)16-9-14/h3-10H,1-2H3,(H,18,19)/b17-10+. The Morgan fingerprint density at radius 2 is 2.00 bits per heavy atom. The Hall–Kier alpha value is -2.49. The summed E-state index contributed by atoms with van der Waals surface area (Å²) in [6.45, 7) is 3.87. The van der Waals surface area contributed by atoms with E-state index in [4.69, 9.17) is 0 Å². The number of carbonyl (C=O) groups is 1. The Kier molecular flexibility index (Phi) is 4.03. The predicted molar refractivity (Wildman–Crippen MR) is 75.2 cm³/mol. The van der Waals surface area contributed by atoms with Crippen LogP contribution in [-0.2, 0) is 0 Å². The molecule has 96 valence electrons. The molecule has 1 amide bonds. The second-order valence-electron chi connectivity index (χ2n) is 4.24. The summed E-state index contributed by atoms with van der Waals surface area (Å²) in [5.74, 6) is -0.266. The van der Waals surface area contributed by atoms with Crippen molar-refractivity contribution in [3.63, 3.8) is 0 Å². The van der Waals surface area contributed by atoms with Crippen LogP contribution < -0.4 is 5.43 Å². The van der Waals surface area contributed by atoms with Gasteiger partial charge >= 0.3 is 0 Å². The maximum Gasteiger partial charge on any atom is 0.272 e. The van der Waals surface area contributed by atoms with Crippen LogP contribution in [0.1, 0.15) is 27.2 Å². The van der Waals surface area contributed by atoms with Crippen LogP contribution in [0.25, 0.3) is 0 Å².